The summed E-state index contributed by atoms with van der Waals surface area (Å²) in [5.74, 6) is 0. The number of piperidine rings is 1. The maximum absolute atomic E-state index is 10.5. The quantitative estimate of drug-likeness (QED) is 0.619. The summed E-state index contributed by atoms with van der Waals surface area (Å²) in [7, 11) is -1.79. The molecule has 1 saturated heterocycles. The zero-order chi connectivity index (χ0) is 17.8. The van der Waals surface area contributed by atoms with Crippen molar-refractivity contribution >= 4 is 25.3 Å². The predicted octanol–water partition coefficient (Wildman–Crippen LogP) is 0.380. The van der Waals surface area contributed by atoms with Crippen LogP contribution in [0.2, 0.25) is 5.02 Å². The molecule has 0 amide bonds. The van der Waals surface area contributed by atoms with Crippen LogP contribution in [-0.4, -0.2) is 45.4 Å². The lowest BCUT2D eigenvalue weighted by Crippen LogP contribution is -2.64. The van der Waals surface area contributed by atoms with Gasteiger partial charge in [-0.25, -0.2) is 0 Å². The van der Waals surface area contributed by atoms with E-state index in [0.29, 0.717) is 16.6 Å². The first kappa shape index (κ1) is 17.1. The second-order valence-electron chi connectivity index (χ2n) is 7.14. The van der Waals surface area contributed by atoms with Crippen LogP contribution in [0.5, 0.6) is 0 Å². The van der Waals surface area contributed by atoms with Gasteiger partial charge in [-0.15, -0.1) is 5.10 Å². The van der Waals surface area contributed by atoms with Gasteiger partial charge in [0, 0.05) is 35.9 Å². The first-order valence-corrected chi connectivity index (χ1v) is 10.8. The Morgan fingerprint density at radius 3 is 2.92 bits per heavy atom. The highest BCUT2D eigenvalue weighted by Crippen LogP contribution is 2.44. The molecule has 2 aromatic rings. The minimum absolute atomic E-state index is 0.0208. The molecule has 3 N–H and O–H groups in total. The van der Waals surface area contributed by atoms with Crippen molar-refractivity contribution in [3.63, 3.8) is 0 Å². The third-order valence-corrected chi connectivity index (χ3v) is 7.14. The van der Waals surface area contributed by atoms with Crippen LogP contribution in [0.25, 0.3) is 0 Å². The van der Waals surface area contributed by atoms with E-state index >= 15 is 0 Å². The molecule has 3 atom stereocenters. The summed E-state index contributed by atoms with van der Waals surface area (Å²) >= 11 is 6.11. The maximum Gasteiger partial charge on any atom is 0.394 e. The summed E-state index contributed by atoms with van der Waals surface area (Å²) in [6.45, 7) is 2.10. The molecule has 2 aliphatic rings. The van der Waals surface area contributed by atoms with Gasteiger partial charge in [0.25, 0.3) is 0 Å². The van der Waals surface area contributed by atoms with E-state index in [1.54, 1.807) is 16.8 Å². The highest BCUT2D eigenvalue weighted by Gasteiger charge is 2.52. The Bertz CT molecular complexity index is 814. The van der Waals surface area contributed by atoms with E-state index < -0.39 is 14.2 Å². The third-order valence-electron chi connectivity index (χ3n) is 5.09. The van der Waals surface area contributed by atoms with Crippen molar-refractivity contribution < 1.29 is 14.3 Å². The van der Waals surface area contributed by atoms with Gasteiger partial charge in [0.15, 0.2) is 0 Å². The average Bonchev–Trinajstić information content (AvgIpc) is 2.98. The molecule has 3 heterocycles. The molecule has 25 heavy (non-hydrogen) atoms. The fraction of sp³-hybridized carbons (Fsp3) is 0.500. The number of nitrogens with one attached hydrogen (secondary N) is 1. The molecule has 1 spiro atoms. The molecule has 0 saturated carbocycles. The first-order chi connectivity index (χ1) is 11.8. The highest BCUT2D eigenvalue weighted by molar-refractivity contribution is 6.79. The molecule has 0 radical (unpaired) electrons. The van der Waals surface area contributed by atoms with Crippen LogP contribution in [0.4, 0.5) is 0 Å². The van der Waals surface area contributed by atoms with Gasteiger partial charge in [0.05, 0.1) is 23.6 Å². The number of halogens is 1. The standard InChI is InChI=1S/C16H21ClN4O3Si/c1-10-6-16(7-13(18-10)14-8-21(2)20-19-14)12-4-3-11(17)5-15(12)25(22,23)9-24-16/h3-5,8,10,13,18,22-23H,6-7,9H2,1-2H3/t10-,13-,16?/m0/s1. The van der Waals surface area contributed by atoms with Crippen LogP contribution in [-0.2, 0) is 17.4 Å². The average molecular weight is 381 g/mol. The molecule has 0 aliphatic carbocycles. The van der Waals surface area contributed by atoms with Gasteiger partial charge in [0.2, 0.25) is 0 Å². The van der Waals surface area contributed by atoms with Gasteiger partial charge in [0.1, 0.15) is 0 Å². The monoisotopic (exact) mass is 380 g/mol. The number of ether oxygens (including phenoxy) is 1. The number of hydrogen-bond donors (Lipinski definition) is 3. The van der Waals surface area contributed by atoms with Gasteiger partial charge in [-0.1, -0.05) is 22.9 Å². The second-order valence-corrected chi connectivity index (χ2v) is 10.0. The number of rotatable bonds is 1. The third kappa shape index (κ3) is 2.92. The molecule has 1 fully saturated rings. The Morgan fingerprint density at radius 1 is 1.40 bits per heavy atom. The molecule has 134 valence electrons. The Balaban J connectivity index is 1.78. The smallest absolute Gasteiger partial charge is 0.394 e. The summed E-state index contributed by atoms with van der Waals surface area (Å²) in [6, 6.07) is 5.49. The summed E-state index contributed by atoms with van der Waals surface area (Å²) in [5, 5.41) is 12.9. The van der Waals surface area contributed by atoms with Crippen molar-refractivity contribution in [3.05, 3.63) is 40.7 Å². The van der Waals surface area contributed by atoms with Crippen molar-refractivity contribution in [2.45, 2.75) is 37.5 Å². The Hall–Kier alpha value is -1.29. The van der Waals surface area contributed by atoms with E-state index in [9.17, 15) is 9.59 Å². The molecule has 1 aromatic carbocycles. The van der Waals surface area contributed by atoms with Gasteiger partial charge in [-0.05, 0) is 31.0 Å². The number of fused-ring (bicyclic) bond motifs is 2. The SMILES string of the molecule is C[C@H]1CC2(C[C@@H](c3cn(C)nn3)N1)OC[Si](O)(O)c1cc(Cl)ccc12. The van der Waals surface area contributed by atoms with Crippen molar-refractivity contribution in [1.29, 1.82) is 0 Å². The number of benzene rings is 1. The zero-order valence-corrected chi connectivity index (χ0v) is 15.9. The normalized spacial score (nSPS) is 31.1. The first-order valence-electron chi connectivity index (χ1n) is 8.31. The lowest BCUT2D eigenvalue weighted by atomic mass is 9.78. The number of aromatic nitrogens is 3. The Labute approximate surface area is 151 Å². The summed E-state index contributed by atoms with van der Waals surface area (Å²) < 4.78 is 7.82. The van der Waals surface area contributed by atoms with Crippen LogP contribution in [0.1, 0.15) is 37.1 Å². The number of nitrogens with zero attached hydrogens (tertiary/aromatic N) is 3. The lowest BCUT2D eigenvalue weighted by molar-refractivity contribution is -0.0839. The molecule has 1 aromatic heterocycles. The van der Waals surface area contributed by atoms with Crippen molar-refractivity contribution in [3.8, 4) is 0 Å². The molecule has 7 nitrogen and oxygen atoms in total. The minimum Gasteiger partial charge on any atom is -0.406 e. The van der Waals surface area contributed by atoms with Crippen LogP contribution in [0, 0.1) is 0 Å². The summed E-state index contributed by atoms with van der Waals surface area (Å²) in [6.07, 6.45) is 3.23. The topological polar surface area (TPSA) is 92.4 Å². The molecule has 9 heteroatoms. The molecular formula is C16H21ClN4O3Si. The van der Waals surface area contributed by atoms with E-state index in [4.69, 9.17) is 16.3 Å². The Kier molecular flexibility index (Phi) is 4.02. The van der Waals surface area contributed by atoms with E-state index in [1.165, 1.54) is 0 Å². The highest BCUT2D eigenvalue weighted by atomic mass is 35.5. The molecule has 1 unspecified atom stereocenters. The van der Waals surface area contributed by atoms with Crippen molar-refractivity contribution in [2.24, 2.45) is 7.05 Å². The van der Waals surface area contributed by atoms with E-state index in [-0.39, 0.29) is 18.3 Å². The fourth-order valence-corrected chi connectivity index (χ4v) is 6.09. The minimum atomic E-state index is -3.63. The van der Waals surface area contributed by atoms with Gasteiger partial charge in [-0.2, -0.15) is 0 Å². The van der Waals surface area contributed by atoms with Gasteiger partial charge >= 0.3 is 8.56 Å². The molecule has 0 bridgehead atoms. The number of aryl methyl sites for hydroxylation is 1. The van der Waals surface area contributed by atoms with Crippen LogP contribution >= 0.6 is 11.6 Å². The molecule has 4 rings (SSSR count). The van der Waals surface area contributed by atoms with Gasteiger partial charge < -0.3 is 19.6 Å². The fourth-order valence-electron chi connectivity index (χ4n) is 4.06. The van der Waals surface area contributed by atoms with E-state index in [1.807, 2.05) is 19.3 Å². The lowest BCUT2D eigenvalue weighted by Gasteiger charge is -2.48. The summed E-state index contributed by atoms with van der Waals surface area (Å²) in [5.41, 5.74) is 1.10. The second kappa shape index (κ2) is 5.87. The number of hydrogen-bond acceptors (Lipinski definition) is 6. The largest absolute Gasteiger partial charge is 0.406 e. The maximum atomic E-state index is 10.5. The summed E-state index contributed by atoms with van der Waals surface area (Å²) in [4.78, 5) is 21.0. The van der Waals surface area contributed by atoms with Crippen molar-refractivity contribution in [2.75, 3.05) is 6.23 Å². The molecule has 2 aliphatic heterocycles. The van der Waals surface area contributed by atoms with Gasteiger partial charge in [-0.3, -0.25) is 4.68 Å². The van der Waals surface area contributed by atoms with Crippen LogP contribution in [0.15, 0.2) is 24.4 Å². The van der Waals surface area contributed by atoms with E-state index in [0.717, 1.165) is 17.7 Å². The van der Waals surface area contributed by atoms with Crippen LogP contribution in [0.3, 0.4) is 0 Å². The predicted molar refractivity (Wildman–Crippen MR) is 94.5 cm³/mol. The van der Waals surface area contributed by atoms with E-state index in [2.05, 4.69) is 22.6 Å². The molecular weight excluding hydrogens is 360 g/mol. The van der Waals surface area contributed by atoms with Crippen molar-refractivity contribution in [1.82, 2.24) is 20.3 Å². The Morgan fingerprint density at radius 2 is 2.20 bits per heavy atom. The van der Waals surface area contributed by atoms with Crippen LogP contribution < -0.4 is 10.5 Å². The zero-order valence-electron chi connectivity index (χ0n) is 14.1.